The van der Waals surface area contributed by atoms with Gasteiger partial charge in [-0.3, -0.25) is 4.79 Å². The van der Waals surface area contributed by atoms with Crippen molar-refractivity contribution in [2.75, 3.05) is 6.54 Å². The number of amides is 1. The molecule has 3 nitrogen and oxygen atoms in total. The van der Waals surface area contributed by atoms with E-state index in [9.17, 15) is 4.79 Å². The molecule has 0 aromatic carbocycles. The molecule has 1 atom stereocenters. The maximum atomic E-state index is 11.4. The van der Waals surface area contributed by atoms with Gasteiger partial charge in [-0.15, -0.1) is 0 Å². The van der Waals surface area contributed by atoms with Crippen molar-refractivity contribution in [3.63, 3.8) is 0 Å². The molecule has 0 heterocycles. The fourth-order valence-electron chi connectivity index (χ4n) is 1.58. The van der Waals surface area contributed by atoms with Gasteiger partial charge >= 0.3 is 0 Å². The van der Waals surface area contributed by atoms with Crippen LogP contribution in [0.3, 0.4) is 0 Å². The van der Waals surface area contributed by atoms with Gasteiger partial charge in [0.2, 0.25) is 5.91 Å². The van der Waals surface area contributed by atoms with Crippen LogP contribution in [0, 0.1) is 5.92 Å². The zero-order chi connectivity index (χ0) is 10.6. The van der Waals surface area contributed by atoms with Crippen molar-refractivity contribution in [2.24, 2.45) is 5.92 Å². The third kappa shape index (κ3) is 4.09. The molecule has 1 aliphatic carbocycles. The molecule has 14 heavy (non-hydrogen) atoms. The average Bonchev–Trinajstić information content (AvgIpc) is 2.88. The minimum atomic E-state index is 0.145. The highest BCUT2D eigenvalue weighted by Gasteiger charge is 2.23. The predicted molar refractivity (Wildman–Crippen MR) is 58.1 cm³/mol. The Morgan fingerprint density at radius 1 is 1.43 bits per heavy atom. The Hall–Kier alpha value is -0.570. The van der Waals surface area contributed by atoms with E-state index in [4.69, 9.17) is 0 Å². The molecule has 1 unspecified atom stereocenters. The molecule has 0 saturated heterocycles. The van der Waals surface area contributed by atoms with Crippen LogP contribution in [0.25, 0.3) is 0 Å². The number of hydrogen-bond donors (Lipinski definition) is 2. The van der Waals surface area contributed by atoms with Crippen LogP contribution in [-0.4, -0.2) is 24.5 Å². The predicted octanol–water partition coefficient (Wildman–Crippen LogP) is 1.29. The first-order chi connectivity index (χ1) is 6.63. The lowest BCUT2D eigenvalue weighted by Gasteiger charge is -2.20. The van der Waals surface area contributed by atoms with Crippen LogP contribution in [0.1, 0.15) is 40.0 Å². The fraction of sp³-hybridized carbons (Fsp3) is 0.909. The first-order valence-corrected chi connectivity index (χ1v) is 5.66. The van der Waals surface area contributed by atoms with Gasteiger partial charge in [-0.2, -0.15) is 0 Å². The Labute approximate surface area is 86.6 Å². The second kappa shape index (κ2) is 5.35. The van der Waals surface area contributed by atoms with Crippen LogP contribution in [-0.2, 0) is 4.79 Å². The summed E-state index contributed by atoms with van der Waals surface area (Å²) in [6.07, 6.45) is 3.40. The maximum absolute atomic E-state index is 11.4. The summed E-state index contributed by atoms with van der Waals surface area (Å²) in [6.45, 7) is 6.98. The van der Waals surface area contributed by atoms with Gasteiger partial charge in [0.25, 0.3) is 0 Å². The second-order valence-corrected chi connectivity index (χ2v) is 4.48. The maximum Gasteiger partial charge on any atom is 0.234 e. The largest absolute Gasteiger partial charge is 0.352 e. The van der Waals surface area contributed by atoms with Gasteiger partial charge in [0.15, 0.2) is 0 Å². The Balaban J connectivity index is 2.13. The Morgan fingerprint density at radius 3 is 2.50 bits per heavy atom. The van der Waals surface area contributed by atoms with Crippen LogP contribution >= 0.6 is 0 Å². The lowest BCUT2D eigenvalue weighted by molar-refractivity contribution is -0.120. The van der Waals surface area contributed by atoms with Crippen LogP contribution < -0.4 is 10.6 Å². The standard InChI is InChI=1S/C11H22N2O/c1-4-10(8(2)3)12-7-11(14)13-9-5-6-9/h8-10,12H,4-7H2,1-3H3,(H,13,14). The number of carbonyl (C=O) groups excluding carboxylic acids is 1. The quantitative estimate of drug-likeness (QED) is 0.675. The molecule has 0 radical (unpaired) electrons. The normalized spacial score (nSPS) is 18.3. The monoisotopic (exact) mass is 198 g/mol. The highest BCUT2D eigenvalue weighted by Crippen LogP contribution is 2.18. The first-order valence-electron chi connectivity index (χ1n) is 5.66. The van der Waals surface area contributed by atoms with E-state index in [0.717, 1.165) is 19.3 Å². The number of hydrogen-bond acceptors (Lipinski definition) is 2. The zero-order valence-corrected chi connectivity index (χ0v) is 9.47. The molecule has 1 fully saturated rings. The molecule has 0 aromatic rings. The zero-order valence-electron chi connectivity index (χ0n) is 9.47. The summed E-state index contributed by atoms with van der Waals surface area (Å²) in [7, 11) is 0. The summed E-state index contributed by atoms with van der Waals surface area (Å²) < 4.78 is 0. The second-order valence-electron chi connectivity index (χ2n) is 4.48. The number of rotatable bonds is 6. The summed E-state index contributed by atoms with van der Waals surface area (Å²) in [5.74, 6) is 0.736. The van der Waals surface area contributed by atoms with E-state index in [-0.39, 0.29) is 5.91 Å². The van der Waals surface area contributed by atoms with E-state index >= 15 is 0 Å². The third-order valence-corrected chi connectivity index (χ3v) is 2.71. The minimum absolute atomic E-state index is 0.145. The van der Waals surface area contributed by atoms with Crippen LogP contribution in [0.2, 0.25) is 0 Å². The van der Waals surface area contributed by atoms with E-state index in [1.165, 1.54) is 0 Å². The van der Waals surface area contributed by atoms with E-state index in [2.05, 4.69) is 31.4 Å². The van der Waals surface area contributed by atoms with Gasteiger partial charge in [0, 0.05) is 12.1 Å². The Kier molecular flexibility index (Phi) is 4.39. The Morgan fingerprint density at radius 2 is 2.07 bits per heavy atom. The molecule has 1 rings (SSSR count). The van der Waals surface area contributed by atoms with Gasteiger partial charge in [-0.05, 0) is 25.2 Å². The van der Waals surface area contributed by atoms with E-state index in [0.29, 0.717) is 24.5 Å². The highest BCUT2D eigenvalue weighted by atomic mass is 16.2. The average molecular weight is 198 g/mol. The minimum Gasteiger partial charge on any atom is -0.352 e. The Bertz CT molecular complexity index is 188. The summed E-state index contributed by atoms with van der Waals surface area (Å²) in [4.78, 5) is 11.4. The van der Waals surface area contributed by atoms with E-state index in [1.807, 2.05) is 0 Å². The van der Waals surface area contributed by atoms with Gasteiger partial charge in [-0.1, -0.05) is 20.8 Å². The highest BCUT2D eigenvalue weighted by molar-refractivity contribution is 5.78. The summed E-state index contributed by atoms with van der Waals surface area (Å²) in [5.41, 5.74) is 0. The van der Waals surface area contributed by atoms with Crippen LogP contribution in [0.15, 0.2) is 0 Å². The summed E-state index contributed by atoms with van der Waals surface area (Å²) >= 11 is 0. The molecule has 0 aromatic heterocycles. The van der Waals surface area contributed by atoms with Crippen molar-refractivity contribution in [2.45, 2.75) is 52.1 Å². The van der Waals surface area contributed by atoms with Gasteiger partial charge in [0.1, 0.15) is 0 Å². The van der Waals surface area contributed by atoms with Crippen LogP contribution in [0.4, 0.5) is 0 Å². The summed E-state index contributed by atoms with van der Waals surface area (Å²) in [5, 5.41) is 6.26. The topological polar surface area (TPSA) is 41.1 Å². The van der Waals surface area contributed by atoms with E-state index < -0.39 is 0 Å². The summed E-state index contributed by atoms with van der Waals surface area (Å²) in [6, 6.07) is 0.934. The smallest absolute Gasteiger partial charge is 0.234 e. The van der Waals surface area contributed by atoms with Crippen molar-refractivity contribution < 1.29 is 4.79 Å². The van der Waals surface area contributed by atoms with E-state index in [1.54, 1.807) is 0 Å². The van der Waals surface area contributed by atoms with Crippen molar-refractivity contribution in [3.8, 4) is 0 Å². The molecule has 82 valence electrons. The number of carbonyl (C=O) groups is 1. The first kappa shape index (κ1) is 11.5. The van der Waals surface area contributed by atoms with Crippen molar-refractivity contribution in [3.05, 3.63) is 0 Å². The lowest BCUT2D eigenvalue weighted by Crippen LogP contribution is -2.41. The molecule has 0 spiro atoms. The molecule has 1 amide bonds. The fourth-order valence-corrected chi connectivity index (χ4v) is 1.58. The molecule has 3 heteroatoms. The van der Waals surface area contributed by atoms with Crippen molar-refractivity contribution in [1.29, 1.82) is 0 Å². The van der Waals surface area contributed by atoms with Crippen molar-refractivity contribution in [1.82, 2.24) is 10.6 Å². The molecular formula is C11H22N2O. The SMILES string of the molecule is CCC(NCC(=O)NC1CC1)C(C)C. The molecule has 1 aliphatic rings. The lowest BCUT2D eigenvalue weighted by atomic mass is 10.0. The molecule has 1 saturated carbocycles. The van der Waals surface area contributed by atoms with Crippen LogP contribution in [0.5, 0.6) is 0 Å². The molecule has 0 bridgehead atoms. The van der Waals surface area contributed by atoms with Gasteiger partial charge in [0.05, 0.1) is 6.54 Å². The number of nitrogens with one attached hydrogen (secondary N) is 2. The van der Waals surface area contributed by atoms with Gasteiger partial charge in [-0.25, -0.2) is 0 Å². The molecule has 2 N–H and O–H groups in total. The third-order valence-electron chi connectivity index (χ3n) is 2.71. The molecule has 0 aliphatic heterocycles. The van der Waals surface area contributed by atoms with Crippen molar-refractivity contribution >= 4 is 5.91 Å². The van der Waals surface area contributed by atoms with Gasteiger partial charge < -0.3 is 10.6 Å². The molecular weight excluding hydrogens is 176 g/mol.